The maximum absolute atomic E-state index is 14.7. The number of hydrogen-bond donors (Lipinski definition) is 1. The van der Waals surface area contributed by atoms with Crippen molar-refractivity contribution in [3.63, 3.8) is 0 Å². The summed E-state index contributed by atoms with van der Waals surface area (Å²) in [6, 6.07) is 13.4. The van der Waals surface area contributed by atoms with Gasteiger partial charge in [-0.25, -0.2) is 4.21 Å². The number of halogens is 1. The van der Waals surface area contributed by atoms with E-state index in [0.717, 1.165) is 61.6 Å². The number of ether oxygens (including phenoxy) is 3. The van der Waals surface area contributed by atoms with Gasteiger partial charge < -0.3 is 23.7 Å². The molecule has 2 amide bonds. The molecule has 8 rings (SSSR count). The molecule has 1 fully saturated rings. The number of benzene rings is 2. The van der Waals surface area contributed by atoms with E-state index in [2.05, 4.69) is 38.3 Å². The molecule has 53 heavy (non-hydrogen) atoms. The largest absolute Gasteiger partial charge is 0.490 e. The Morgan fingerprint density at radius 2 is 1.98 bits per heavy atom. The van der Waals surface area contributed by atoms with E-state index in [0.29, 0.717) is 54.7 Å². The SMILES string of the molecule is COC1Cc2cc(C(=O)NS3(=O)=NC(=O)c4ccc5c(c4)N(C[C@@H]4CC[C@H]4[C@@H](OC)/C=C/C[C@H](C)C3)C[C@@]3(CCCc4cc(Cl)ccc43)CO5)cn2C1. The quantitative estimate of drug-likeness (QED) is 0.292. The summed E-state index contributed by atoms with van der Waals surface area (Å²) in [7, 11) is -0.0781. The van der Waals surface area contributed by atoms with Crippen LogP contribution in [-0.4, -0.2) is 72.5 Å². The standard InChI is InChI=1S/C41H49ClN4O6S/c1-26-6-4-8-37(51-3)34-12-9-29(34)20-46-24-41(15-5-7-27-16-31(42)11-13-35(27)41)25-52-38-14-10-28(18-36(38)46)39(47)43-53(49,23-26)44-40(48)30-17-32-19-33(50-2)22-45(32)21-30/h4,8,10-11,13-14,16-18,21,26,29,33-34,37H,5-7,9,12,15,19-20,22-25H2,1-3H3,(H,43,44,47,48,49)/b8-4+/t26-,29-,33?,34+,37-,41-,53?/m0/s1. The number of carbonyl (C=O) groups is 2. The molecule has 5 aliphatic rings. The predicted octanol–water partition coefficient (Wildman–Crippen LogP) is 6.78. The lowest BCUT2D eigenvalue weighted by Gasteiger charge is -2.46. The number of fused-ring (bicyclic) bond motifs is 5. The molecule has 2 aliphatic carbocycles. The van der Waals surface area contributed by atoms with Gasteiger partial charge in [0.25, 0.3) is 11.8 Å². The molecule has 4 heterocycles. The second-order valence-corrected chi connectivity index (χ2v) is 18.3. The van der Waals surface area contributed by atoms with Gasteiger partial charge in [0, 0.05) is 68.2 Å². The Bertz CT molecular complexity index is 2050. The Morgan fingerprint density at radius 1 is 1.11 bits per heavy atom. The summed E-state index contributed by atoms with van der Waals surface area (Å²) < 4.78 is 41.9. The van der Waals surface area contributed by atoms with E-state index in [-0.39, 0.29) is 29.3 Å². The summed E-state index contributed by atoms with van der Waals surface area (Å²) >= 11 is 6.47. The van der Waals surface area contributed by atoms with Crippen LogP contribution < -0.4 is 14.4 Å². The van der Waals surface area contributed by atoms with Crippen LogP contribution in [-0.2, 0) is 44.2 Å². The lowest BCUT2D eigenvalue weighted by molar-refractivity contribution is 0.0131. The third-order valence-electron chi connectivity index (χ3n) is 12.2. The topological polar surface area (TPSA) is 111 Å². The summed E-state index contributed by atoms with van der Waals surface area (Å²) in [5.74, 6) is 0.167. The number of carbonyl (C=O) groups excluding carboxylic acids is 2. The van der Waals surface area contributed by atoms with Crippen molar-refractivity contribution in [1.29, 1.82) is 0 Å². The molecule has 10 nitrogen and oxygen atoms in total. The average Bonchev–Trinajstić information content (AvgIpc) is 3.66. The molecule has 1 saturated carbocycles. The van der Waals surface area contributed by atoms with E-state index in [1.807, 2.05) is 29.7 Å². The smallest absolute Gasteiger partial charge is 0.286 e. The van der Waals surface area contributed by atoms with Gasteiger partial charge in [-0.05, 0) is 104 Å². The molecule has 1 N–H and O–H groups in total. The number of aryl methyl sites for hydroxylation is 1. The first-order valence-electron chi connectivity index (χ1n) is 18.9. The molecule has 2 aromatic carbocycles. The number of aromatic nitrogens is 1. The van der Waals surface area contributed by atoms with E-state index >= 15 is 0 Å². The Morgan fingerprint density at radius 3 is 2.75 bits per heavy atom. The Hall–Kier alpha value is -3.64. The third-order valence-corrected chi connectivity index (χ3v) is 14.4. The fourth-order valence-electron chi connectivity index (χ4n) is 9.27. The van der Waals surface area contributed by atoms with Gasteiger partial charge in [0.2, 0.25) is 0 Å². The minimum Gasteiger partial charge on any atom is -0.490 e. The number of hydrogen-bond acceptors (Lipinski definition) is 7. The number of nitrogens with one attached hydrogen (secondary N) is 1. The van der Waals surface area contributed by atoms with Gasteiger partial charge in [-0.1, -0.05) is 36.7 Å². The molecule has 3 aromatic rings. The first-order chi connectivity index (χ1) is 25.5. The zero-order chi connectivity index (χ0) is 36.9. The Labute approximate surface area is 317 Å². The van der Waals surface area contributed by atoms with Crippen LogP contribution in [0.5, 0.6) is 5.75 Å². The molecule has 0 radical (unpaired) electrons. The number of anilines is 1. The highest BCUT2D eigenvalue weighted by atomic mass is 35.5. The van der Waals surface area contributed by atoms with Gasteiger partial charge in [0.05, 0.1) is 35.8 Å². The Kier molecular flexibility index (Phi) is 9.97. The van der Waals surface area contributed by atoms with Gasteiger partial charge in [-0.3, -0.25) is 14.3 Å². The van der Waals surface area contributed by atoms with Gasteiger partial charge in [0.15, 0.2) is 0 Å². The molecule has 7 atom stereocenters. The number of rotatable bonds is 4. The molecule has 1 spiro atoms. The summed E-state index contributed by atoms with van der Waals surface area (Å²) in [4.78, 5) is 30.1. The fourth-order valence-corrected chi connectivity index (χ4v) is 11.4. The van der Waals surface area contributed by atoms with Gasteiger partial charge in [-0.2, -0.15) is 0 Å². The maximum atomic E-state index is 14.7. The Balaban J connectivity index is 1.17. The van der Waals surface area contributed by atoms with Crippen molar-refractivity contribution < 1.29 is 28.0 Å². The van der Waals surface area contributed by atoms with Crippen molar-refractivity contribution in [3.8, 4) is 5.75 Å². The van der Waals surface area contributed by atoms with Crippen LogP contribution in [0.2, 0.25) is 5.02 Å². The van der Waals surface area contributed by atoms with Crippen molar-refractivity contribution in [2.24, 2.45) is 22.1 Å². The van der Waals surface area contributed by atoms with E-state index in [1.54, 1.807) is 32.5 Å². The summed E-state index contributed by atoms with van der Waals surface area (Å²) in [5, 5.41) is 0.742. The zero-order valence-corrected chi connectivity index (χ0v) is 32.3. The molecule has 0 saturated heterocycles. The maximum Gasteiger partial charge on any atom is 0.286 e. The normalized spacial score (nSPS) is 31.6. The molecule has 1 aromatic heterocycles. The molecule has 282 valence electrons. The molecular formula is C41H49ClN4O6S. The van der Waals surface area contributed by atoms with Gasteiger partial charge >= 0.3 is 0 Å². The third kappa shape index (κ3) is 7.17. The average molecular weight is 761 g/mol. The van der Waals surface area contributed by atoms with Crippen LogP contribution in [0.3, 0.4) is 0 Å². The molecular weight excluding hydrogens is 712 g/mol. The van der Waals surface area contributed by atoms with Crippen molar-refractivity contribution in [2.45, 2.75) is 76.0 Å². The summed E-state index contributed by atoms with van der Waals surface area (Å²) in [5.41, 5.74) is 4.78. The lowest BCUT2D eigenvalue weighted by atomic mass is 9.68. The second kappa shape index (κ2) is 14.5. The molecule has 2 unspecified atom stereocenters. The van der Waals surface area contributed by atoms with Crippen molar-refractivity contribution >= 4 is 39.0 Å². The van der Waals surface area contributed by atoms with Gasteiger partial charge in [-0.15, -0.1) is 4.36 Å². The highest BCUT2D eigenvalue weighted by molar-refractivity contribution is 7.92. The van der Waals surface area contributed by atoms with Crippen LogP contribution >= 0.6 is 11.6 Å². The van der Waals surface area contributed by atoms with Crippen LogP contribution in [0.25, 0.3) is 0 Å². The minimum atomic E-state index is -3.53. The number of methoxy groups -OCH3 is 2. The highest BCUT2D eigenvalue weighted by Crippen LogP contribution is 2.47. The number of nitrogens with zero attached hydrogens (tertiary/aromatic N) is 3. The first kappa shape index (κ1) is 36.3. The number of amides is 2. The van der Waals surface area contributed by atoms with E-state index < -0.39 is 21.7 Å². The minimum absolute atomic E-state index is 0.0178. The van der Waals surface area contributed by atoms with E-state index in [9.17, 15) is 13.8 Å². The molecule has 2 bridgehead atoms. The fraction of sp³-hybridized carbons (Fsp3) is 0.512. The van der Waals surface area contributed by atoms with Crippen LogP contribution in [0.4, 0.5) is 5.69 Å². The van der Waals surface area contributed by atoms with Crippen LogP contribution in [0, 0.1) is 17.8 Å². The zero-order valence-electron chi connectivity index (χ0n) is 30.7. The lowest BCUT2D eigenvalue weighted by Crippen LogP contribution is -2.49. The van der Waals surface area contributed by atoms with Crippen LogP contribution in [0.1, 0.15) is 76.6 Å². The summed E-state index contributed by atoms with van der Waals surface area (Å²) in [6.07, 6.45) is 12.4. The van der Waals surface area contributed by atoms with Gasteiger partial charge in [0.1, 0.15) is 15.7 Å². The first-order valence-corrected chi connectivity index (χ1v) is 20.9. The van der Waals surface area contributed by atoms with Crippen molar-refractivity contribution in [2.75, 3.05) is 44.6 Å². The van der Waals surface area contributed by atoms with E-state index in [1.165, 1.54) is 11.1 Å². The van der Waals surface area contributed by atoms with Crippen LogP contribution in [0.15, 0.2) is 65.2 Å². The number of allylic oxidation sites excluding steroid dienone is 1. The summed E-state index contributed by atoms with van der Waals surface area (Å²) in [6.45, 7) is 4.62. The molecule has 12 heteroatoms. The monoisotopic (exact) mass is 760 g/mol. The van der Waals surface area contributed by atoms with Crippen molar-refractivity contribution in [1.82, 2.24) is 9.29 Å². The second-order valence-electron chi connectivity index (χ2n) is 15.8. The molecule has 3 aliphatic heterocycles. The van der Waals surface area contributed by atoms with Crippen molar-refractivity contribution in [3.05, 3.63) is 93.8 Å². The predicted molar refractivity (Wildman–Crippen MR) is 206 cm³/mol. The highest BCUT2D eigenvalue weighted by Gasteiger charge is 2.44. The van der Waals surface area contributed by atoms with E-state index in [4.69, 9.17) is 25.8 Å².